The summed E-state index contributed by atoms with van der Waals surface area (Å²) in [6, 6.07) is 0. The van der Waals surface area contributed by atoms with Gasteiger partial charge < -0.3 is 0 Å². The van der Waals surface area contributed by atoms with Crippen LogP contribution in [0.2, 0.25) is 0 Å². The van der Waals surface area contributed by atoms with E-state index in [-0.39, 0.29) is 0 Å². The van der Waals surface area contributed by atoms with Crippen molar-refractivity contribution in [3.63, 3.8) is 0 Å². The van der Waals surface area contributed by atoms with Gasteiger partial charge in [0.2, 0.25) is 0 Å². The van der Waals surface area contributed by atoms with E-state index in [1.807, 2.05) is 6.92 Å². The van der Waals surface area contributed by atoms with E-state index in [2.05, 4.69) is 20.8 Å². The van der Waals surface area contributed by atoms with E-state index >= 15 is 0 Å². The number of unbranched alkanes of at least 4 members (excludes halogenated alkanes) is 3. The summed E-state index contributed by atoms with van der Waals surface area (Å²) < 4.78 is 23.7. The summed E-state index contributed by atoms with van der Waals surface area (Å²) in [5, 5.41) is 0. The first-order valence-electron chi connectivity index (χ1n) is 7.80. The summed E-state index contributed by atoms with van der Waals surface area (Å²) in [7, 11) is 0. The Morgan fingerprint density at radius 3 is 1.21 bits per heavy atom. The predicted octanol–water partition coefficient (Wildman–Crippen LogP) is 4.29. The van der Waals surface area contributed by atoms with Crippen LogP contribution in [0.5, 0.6) is 0 Å². The van der Waals surface area contributed by atoms with E-state index in [1.165, 1.54) is 0 Å². The summed E-state index contributed by atoms with van der Waals surface area (Å²) >= 11 is -3.87. The zero-order chi connectivity index (χ0) is 14.4. The van der Waals surface area contributed by atoms with Crippen molar-refractivity contribution in [2.24, 2.45) is 0 Å². The van der Waals surface area contributed by atoms with Crippen LogP contribution in [0.1, 0.15) is 66.2 Å². The zero-order valence-electron chi connectivity index (χ0n) is 13.2. The van der Waals surface area contributed by atoms with Crippen molar-refractivity contribution in [1.29, 1.82) is 0 Å². The average molecular weight is 443 g/mol. The molecule has 4 nitrogen and oxygen atoms in total. The Balaban J connectivity index is 4.37. The molecule has 0 unspecified atom stereocenters. The molecule has 0 aliphatic heterocycles. The first kappa shape index (κ1) is 19.7. The van der Waals surface area contributed by atoms with E-state index in [0.717, 1.165) is 38.5 Å². The maximum absolute atomic E-state index is 5.96. The minimum absolute atomic E-state index is 0.603. The fourth-order valence-electron chi connectivity index (χ4n) is 1.45. The molecule has 0 saturated heterocycles. The van der Waals surface area contributed by atoms with Crippen molar-refractivity contribution >= 4 is 0 Å². The van der Waals surface area contributed by atoms with E-state index < -0.39 is 21.7 Å². The van der Waals surface area contributed by atoms with E-state index in [1.54, 1.807) is 0 Å². The fourth-order valence-corrected chi connectivity index (χ4v) is 8.77. The van der Waals surface area contributed by atoms with E-state index in [0.29, 0.717) is 26.4 Å². The summed E-state index contributed by atoms with van der Waals surface area (Å²) in [4.78, 5) is 0. The second-order valence-electron chi connectivity index (χ2n) is 4.54. The van der Waals surface area contributed by atoms with Gasteiger partial charge in [0.05, 0.1) is 0 Å². The molecule has 0 atom stereocenters. The van der Waals surface area contributed by atoms with Crippen molar-refractivity contribution in [2.45, 2.75) is 66.2 Å². The van der Waals surface area contributed by atoms with Crippen LogP contribution in [-0.4, -0.2) is 26.4 Å². The van der Waals surface area contributed by atoms with Gasteiger partial charge in [-0.2, -0.15) is 0 Å². The Morgan fingerprint density at radius 1 is 0.579 bits per heavy atom. The van der Waals surface area contributed by atoms with Gasteiger partial charge in [-0.25, -0.2) is 0 Å². The van der Waals surface area contributed by atoms with Crippen molar-refractivity contribution in [3.8, 4) is 0 Å². The first-order valence-corrected chi connectivity index (χ1v) is 13.7. The third-order valence-electron chi connectivity index (χ3n) is 2.65. The van der Waals surface area contributed by atoms with Crippen LogP contribution in [0.25, 0.3) is 0 Å². The topological polar surface area (TPSA) is 36.9 Å². The van der Waals surface area contributed by atoms with Crippen molar-refractivity contribution in [1.82, 2.24) is 0 Å². The van der Waals surface area contributed by atoms with Crippen LogP contribution in [0, 0.1) is 0 Å². The Bertz CT molecular complexity index is 164. The van der Waals surface area contributed by atoms with Gasteiger partial charge in [0.15, 0.2) is 0 Å². The number of rotatable bonds is 14. The van der Waals surface area contributed by atoms with Crippen LogP contribution in [0.3, 0.4) is 0 Å². The molecule has 0 aromatic carbocycles. The van der Waals surface area contributed by atoms with Crippen LogP contribution >= 0.6 is 0 Å². The number of hydrogen-bond donors (Lipinski definition) is 0. The maximum atomic E-state index is 5.96. The van der Waals surface area contributed by atoms with Crippen LogP contribution in [0.15, 0.2) is 0 Å². The molecule has 0 aliphatic carbocycles. The van der Waals surface area contributed by atoms with Crippen molar-refractivity contribution in [2.75, 3.05) is 26.4 Å². The molecule has 0 N–H and O–H groups in total. The molecule has 0 spiro atoms. The molecule has 0 rings (SSSR count). The molecule has 0 fully saturated rings. The quantitative estimate of drug-likeness (QED) is 0.297. The monoisotopic (exact) mass is 444 g/mol. The van der Waals surface area contributed by atoms with Gasteiger partial charge in [-0.3, -0.25) is 0 Å². The fraction of sp³-hybridized carbons (Fsp3) is 1.00. The van der Waals surface area contributed by atoms with Crippen molar-refractivity contribution < 1.29 is 33.1 Å². The molecule has 0 radical (unpaired) electrons. The van der Waals surface area contributed by atoms with Gasteiger partial charge in [0.1, 0.15) is 0 Å². The average Bonchev–Trinajstić information content (AvgIpc) is 2.40. The Hall–Kier alpha value is 0.710. The molecule has 0 heterocycles. The van der Waals surface area contributed by atoms with E-state index in [4.69, 9.17) is 11.4 Å². The van der Waals surface area contributed by atoms with Crippen LogP contribution < -0.4 is 0 Å². The minimum atomic E-state index is -3.87. The summed E-state index contributed by atoms with van der Waals surface area (Å²) in [6.07, 6.45) is 6.43. The van der Waals surface area contributed by atoms with Gasteiger partial charge in [-0.15, -0.1) is 0 Å². The molecule has 0 amide bonds. The zero-order valence-corrected chi connectivity index (χ0v) is 16.8. The molecule has 0 aromatic rings. The Labute approximate surface area is 125 Å². The van der Waals surface area contributed by atoms with Gasteiger partial charge in [0.25, 0.3) is 0 Å². The molecule has 116 valence electrons. The third kappa shape index (κ3) is 10.1. The van der Waals surface area contributed by atoms with Crippen LogP contribution in [-0.2, 0) is 33.1 Å². The molecule has 0 aromatic heterocycles. The van der Waals surface area contributed by atoms with Gasteiger partial charge in [0, 0.05) is 0 Å². The molecule has 5 heteroatoms. The molecule has 0 bridgehead atoms. The van der Waals surface area contributed by atoms with Crippen molar-refractivity contribution in [3.05, 3.63) is 0 Å². The first-order chi connectivity index (χ1) is 9.24. The molecule has 0 saturated carbocycles. The third-order valence-corrected chi connectivity index (χ3v) is 11.0. The Morgan fingerprint density at radius 2 is 0.947 bits per heavy atom. The van der Waals surface area contributed by atoms with Crippen LogP contribution in [0.4, 0.5) is 0 Å². The van der Waals surface area contributed by atoms with Gasteiger partial charge in [-0.05, 0) is 0 Å². The van der Waals surface area contributed by atoms with E-state index in [9.17, 15) is 0 Å². The standard InChI is InChI=1S/3C4H9O.C2H5O.Hf/c3*1-2-3-4-5;1-2-3;/h3*2-4H2,1H3;2H2,1H3;/q4*-1;+4. The normalized spacial score (nSPS) is 12.0. The SMILES string of the molecule is CCCC[O][Hf]([O]CC)([O]CCCC)[O]CCCC. The van der Waals surface area contributed by atoms with Gasteiger partial charge in [-0.1, -0.05) is 0 Å². The summed E-state index contributed by atoms with van der Waals surface area (Å²) in [5.74, 6) is 0. The summed E-state index contributed by atoms with van der Waals surface area (Å²) in [5.41, 5.74) is 0. The second-order valence-corrected chi connectivity index (χ2v) is 12.3. The molecular formula is C14H32HfO4. The molecule has 19 heavy (non-hydrogen) atoms. The summed E-state index contributed by atoms with van der Waals surface area (Å²) in [6.45, 7) is 11.1. The molecule has 0 aliphatic rings. The number of hydrogen-bond acceptors (Lipinski definition) is 4. The second kappa shape index (κ2) is 13.7. The molecular weight excluding hydrogens is 411 g/mol. The van der Waals surface area contributed by atoms with Gasteiger partial charge >= 0.3 is 126 Å². The Kier molecular flexibility index (Phi) is 14.2. The predicted molar refractivity (Wildman–Crippen MR) is 74.2 cm³/mol.